The van der Waals surface area contributed by atoms with Gasteiger partial charge in [0.25, 0.3) is 0 Å². The molecule has 0 heterocycles. The van der Waals surface area contributed by atoms with Crippen LogP contribution in [0.3, 0.4) is 0 Å². The van der Waals surface area contributed by atoms with Crippen LogP contribution in [-0.4, -0.2) is 5.14 Å². The molecule has 0 bridgehead atoms. The Morgan fingerprint density at radius 3 is 0.757 bits per heavy atom. The molecular formula is C32H28NO4+. The number of nitrogens with zero attached hydrogens (tertiary/aromatic N) is 1. The predicted octanol–water partition coefficient (Wildman–Crippen LogP) is 8.21. The van der Waals surface area contributed by atoms with E-state index in [2.05, 4.69) is 0 Å². The Kier molecular flexibility index (Phi) is 9.35. The van der Waals surface area contributed by atoms with E-state index < -0.39 is 5.14 Å². The summed E-state index contributed by atoms with van der Waals surface area (Å²) in [6.45, 7) is 0. The lowest BCUT2D eigenvalue weighted by atomic mass is 10.2. The fraction of sp³-hybridized carbons (Fsp3) is 0. The van der Waals surface area contributed by atoms with Crippen LogP contribution in [0.5, 0.6) is 0 Å². The van der Waals surface area contributed by atoms with Gasteiger partial charge in [-0.1, -0.05) is 121 Å². The maximum absolute atomic E-state index is 5.88. The van der Waals surface area contributed by atoms with Gasteiger partial charge in [0.1, 0.15) is 0 Å². The van der Waals surface area contributed by atoms with Crippen LogP contribution in [-0.2, 0) is 19.4 Å². The number of rotatable bonds is 12. The van der Waals surface area contributed by atoms with Crippen molar-refractivity contribution in [3.05, 3.63) is 169 Å². The van der Waals surface area contributed by atoms with E-state index in [1.807, 2.05) is 121 Å². The molecule has 184 valence electrons. The quantitative estimate of drug-likeness (QED) is 0.114. The van der Waals surface area contributed by atoms with Gasteiger partial charge < -0.3 is 0 Å². The summed E-state index contributed by atoms with van der Waals surface area (Å²) in [6, 6.07) is 39.0. The van der Waals surface area contributed by atoms with Gasteiger partial charge in [-0.05, 0) is 46.6 Å². The third kappa shape index (κ3) is 8.62. The van der Waals surface area contributed by atoms with Crippen molar-refractivity contribution in [1.82, 2.24) is 0 Å². The van der Waals surface area contributed by atoms with Crippen LogP contribution in [0.2, 0.25) is 0 Å². The molecule has 4 aromatic rings. The summed E-state index contributed by atoms with van der Waals surface area (Å²) >= 11 is 0. The van der Waals surface area contributed by atoms with Gasteiger partial charge in [-0.2, -0.15) is 19.4 Å². The van der Waals surface area contributed by atoms with E-state index in [0.717, 1.165) is 22.3 Å². The Hall–Kier alpha value is -5.00. The monoisotopic (exact) mass is 490 g/mol. The average molecular weight is 491 g/mol. The summed E-state index contributed by atoms with van der Waals surface area (Å²) in [6.07, 6.45) is 13.0. The van der Waals surface area contributed by atoms with Crippen LogP contribution < -0.4 is 0 Å². The standard InChI is InChI=1S/C32H28NO4/c1-5-13-29(14-6-1)21-25-34-33(35-26-22-30-15-7-2-8-16-30,36-27-23-31-17-9-3-10-18-31)37-28-24-32-19-11-4-12-20-32/h1-28H/q+1. The van der Waals surface area contributed by atoms with Gasteiger partial charge in [0.2, 0.25) is 0 Å². The second-order valence-electron chi connectivity index (χ2n) is 7.72. The van der Waals surface area contributed by atoms with Gasteiger partial charge in [-0.15, -0.1) is 0 Å². The molecular weight excluding hydrogens is 462 g/mol. The Balaban J connectivity index is 1.59. The zero-order valence-electron chi connectivity index (χ0n) is 20.2. The van der Waals surface area contributed by atoms with E-state index >= 15 is 0 Å². The number of hydrogen-bond acceptors (Lipinski definition) is 4. The summed E-state index contributed by atoms with van der Waals surface area (Å²) in [5.74, 6) is 0. The summed E-state index contributed by atoms with van der Waals surface area (Å²) in [4.78, 5) is 23.5. The molecule has 5 heteroatoms. The van der Waals surface area contributed by atoms with E-state index in [9.17, 15) is 0 Å². The summed E-state index contributed by atoms with van der Waals surface area (Å²) in [5, 5.41) is -1.10. The second-order valence-corrected chi connectivity index (χ2v) is 7.72. The lowest BCUT2D eigenvalue weighted by Gasteiger charge is -2.20. The van der Waals surface area contributed by atoms with Crippen LogP contribution in [0.15, 0.2) is 146 Å². The second kappa shape index (κ2) is 13.8. The van der Waals surface area contributed by atoms with Crippen LogP contribution in [0.1, 0.15) is 22.3 Å². The number of quaternary nitrogens is 1. The van der Waals surface area contributed by atoms with Gasteiger partial charge in [0, 0.05) is 0 Å². The van der Waals surface area contributed by atoms with E-state index in [-0.39, 0.29) is 0 Å². The number of hydrogen-bond donors (Lipinski definition) is 0. The van der Waals surface area contributed by atoms with Crippen molar-refractivity contribution in [3.8, 4) is 0 Å². The maximum atomic E-state index is 5.88. The summed E-state index contributed by atoms with van der Waals surface area (Å²) < 4.78 is 0. The predicted molar refractivity (Wildman–Crippen MR) is 147 cm³/mol. The van der Waals surface area contributed by atoms with Crippen LogP contribution in [0.25, 0.3) is 24.3 Å². The molecule has 0 atom stereocenters. The minimum atomic E-state index is -1.10. The highest BCUT2D eigenvalue weighted by atomic mass is 17.4. The van der Waals surface area contributed by atoms with Crippen molar-refractivity contribution < 1.29 is 24.5 Å². The minimum Gasteiger partial charge on any atom is -0.189 e. The molecule has 0 aliphatic rings. The minimum absolute atomic E-state index is 0.945. The van der Waals surface area contributed by atoms with Crippen molar-refractivity contribution in [3.63, 3.8) is 0 Å². The van der Waals surface area contributed by atoms with Gasteiger partial charge in [-0.25, -0.2) is 0 Å². The molecule has 0 aliphatic carbocycles. The number of benzene rings is 4. The fourth-order valence-electron chi connectivity index (χ4n) is 3.14. The van der Waals surface area contributed by atoms with Crippen molar-refractivity contribution in [2.24, 2.45) is 0 Å². The molecule has 0 amide bonds. The first kappa shape index (κ1) is 25.1. The Bertz CT molecular complexity index is 1090. The Labute approximate surface area is 217 Å². The normalized spacial score (nSPS) is 13.2. The molecule has 0 spiro atoms. The van der Waals surface area contributed by atoms with Crippen LogP contribution >= 0.6 is 0 Å². The Morgan fingerprint density at radius 2 is 0.541 bits per heavy atom. The fourth-order valence-corrected chi connectivity index (χ4v) is 3.14. The lowest BCUT2D eigenvalue weighted by molar-refractivity contribution is -1.45. The molecule has 0 aliphatic heterocycles. The molecule has 0 unspecified atom stereocenters. The van der Waals surface area contributed by atoms with E-state index in [4.69, 9.17) is 19.4 Å². The van der Waals surface area contributed by atoms with Crippen molar-refractivity contribution >= 4 is 24.3 Å². The first-order valence-electron chi connectivity index (χ1n) is 11.8. The van der Waals surface area contributed by atoms with Gasteiger partial charge >= 0.3 is 5.14 Å². The van der Waals surface area contributed by atoms with E-state index in [1.54, 1.807) is 24.3 Å². The largest absolute Gasteiger partial charge is 0.426 e. The molecule has 37 heavy (non-hydrogen) atoms. The third-order valence-electron chi connectivity index (χ3n) is 5.00. The topological polar surface area (TPSA) is 36.9 Å². The van der Waals surface area contributed by atoms with Crippen molar-refractivity contribution in [1.29, 1.82) is 0 Å². The highest BCUT2D eigenvalue weighted by Gasteiger charge is 2.39. The zero-order valence-corrected chi connectivity index (χ0v) is 20.2. The first-order chi connectivity index (χ1) is 18.3. The van der Waals surface area contributed by atoms with Gasteiger partial charge in [0.05, 0.1) is 0 Å². The molecule has 0 radical (unpaired) electrons. The van der Waals surface area contributed by atoms with Crippen LogP contribution in [0, 0.1) is 0 Å². The average Bonchev–Trinajstić information content (AvgIpc) is 2.95. The molecule has 0 fully saturated rings. The van der Waals surface area contributed by atoms with Crippen LogP contribution in [0.4, 0.5) is 0 Å². The molecule has 4 aromatic carbocycles. The summed E-state index contributed by atoms with van der Waals surface area (Å²) in [5.41, 5.74) is 3.78. The molecule has 4 rings (SSSR count). The molecule has 0 aromatic heterocycles. The third-order valence-corrected chi connectivity index (χ3v) is 5.00. The van der Waals surface area contributed by atoms with E-state index in [1.165, 1.54) is 25.0 Å². The highest BCUT2D eigenvalue weighted by molar-refractivity contribution is 5.49. The molecule has 0 saturated heterocycles. The SMILES string of the molecule is C(=Cc1ccccc1)O[N+](OC=Cc1ccccc1)(OC=Cc1ccccc1)OC=Cc1ccccc1. The van der Waals surface area contributed by atoms with E-state index in [0.29, 0.717) is 0 Å². The molecule has 5 nitrogen and oxygen atoms in total. The maximum Gasteiger partial charge on any atom is 0.426 e. The lowest BCUT2D eigenvalue weighted by Crippen LogP contribution is -2.42. The van der Waals surface area contributed by atoms with Crippen molar-refractivity contribution in [2.75, 3.05) is 0 Å². The smallest absolute Gasteiger partial charge is 0.189 e. The first-order valence-corrected chi connectivity index (χ1v) is 11.8. The summed E-state index contributed by atoms with van der Waals surface area (Å²) in [7, 11) is 0. The van der Waals surface area contributed by atoms with Gasteiger partial charge in [-0.3, -0.25) is 0 Å². The molecule has 0 N–H and O–H groups in total. The zero-order chi connectivity index (χ0) is 25.4. The highest BCUT2D eigenvalue weighted by Crippen LogP contribution is 2.19. The van der Waals surface area contributed by atoms with Crippen molar-refractivity contribution in [2.45, 2.75) is 0 Å². The molecule has 0 saturated carbocycles. The van der Waals surface area contributed by atoms with Gasteiger partial charge in [0.15, 0.2) is 25.0 Å². The Morgan fingerprint density at radius 1 is 0.324 bits per heavy atom.